The fraction of sp³-hybridized carbons (Fsp3) is 0.552. The zero-order valence-electron chi connectivity index (χ0n) is 21.9. The Morgan fingerprint density at radius 1 is 0.892 bits per heavy atom. The van der Waals surface area contributed by atoms with Gasteiger partial charge < -0.3 is 29.3 Å². The van der Waals surface area contributed by atoms with Crippen molar-refractivity contribution in [1.29, 1.82) is 0 Å². The molecule has 0 aromatic heterocycles. The molecule has 0 radical (unpaired) electrons. The molecule has 1 amide bonds. The number of hydrogen-bond donors (Lipinski definition) is 1. The van der Waals surface area contributed by atoms with Crippen molar-refractivity contribution < 1.29 is 19.4 Å². The van der Waals surface area contributed by atoms with Crippen LogP contribution in [0.2, 0.25) is 0 Å². The Hall–Kier alpha value is -2.81. The van der Waals surface area contributed by atoms with Gasteiger partial charge >= 0.3 is 0 Å². The number of hydrogen-bond acceptors (Lipinski definition) is 7. The zero-order chi connectivity index (χ0) is 25.6. The second kappa shape index (κ2) is 12.2. The van der Waals surface area contributed by atoms with Gasteiger partial charge in [0.25, 0.3) is 5.91 Å². The number of para-hydroxylation sites is 3. The maximum atomic E-state index is 13.3. The Balaban J connectivity index is 1.08. The van der Waals surface area contributed by atoms with Gasteiger partial charge in [-0.2, -0.15) is 0 Å². The summed E-state index contributed by atoms with van der Waals surface area (Å²) in [5.74, 6) is 0.769. The number of aliphatic hydroxyl groups is 1. The number of ether oxygens (including phenoxy) is 2. The molecular formula is C29H40N4O4. The summed E-state index contributed by atoms with van der Waals surface area (Å²) >= 11 is 0. The summed E-state index contributed by atoms with van der Waals surface area (Å²) in [5.41, 5.74) is 2.34. The number of nitrogens with zero attached hydrogens (tertiary/aromatic N) is 4. The van der Waals surface area contributed by atoms with Crippen LogP contribution < -0.4 is 14.5 Å². The Kier molecular flexibility index (Phi) is 8.48. The first-order chi connectivity index (χ1) is 18.1. The molecule has 3 unspecified atom stereocenters. The molecule has 3 fully saturated rings. The zero-order valence-corrected chi connectivity index (χ0v) is 21.9. The van der Waals surface area contributed by atoms with Gasteiger partial charge in [-0.3, -0.25) is 9.69 Å². The molecule has 1 N–H and O–H groups in total. The third-order valence-electron chi connectivity index (χ3n) is 7.99. The Morgan fingerprint density at radius 3 is 2.30 bits per heavy atom. The normalized spacial score (nSPS) is 25.2. The van der Waals surface area contributed by atoms with Crippen LogP contribution in [-0.4, -0.2) is 105 Å². The minimum absolute atomic E-state index is 0.0133. The van der Waals surface area contributed by atoms with Crippen LogP contribution in [0.3, 0.4) is 0 Å². The second-order valence-corrected chi connectivity index (χ2v) is 10.3. The average molecular weight is 509 g/mol. The van der Waals surface area contributed by atoms with Crippen LogP contribution in [0.15, 0.2) is 54.6 Å². The summed E-state index contributed by atoms with van der Waals surface area (Å²) in [5, 5.41) is 10.6. The van der Waals surface area contributed by atoms with E-state index in [4.69, 9.17) is 9.47 Å². The first kappa shape index (κ1) is 25.8. The summed E-state index contributed by atoms with van der Waals surface area (Å²) in [6.45, 7) is 7.75. The summed E-state index contributed by atoms with van der Waals surface area (Å²) in [7, 11) is 1.68. The van der Waals surface area contributed by atoms with E-state index in [1.165, 1.54) is 5.69 Å². The number of rotatable bonds is 7. The number of benzene rings is 2. The molecule has 2 aromatic carbocycles. The van der Waals surface area contributed by atoms with Crippen molar-refractivity contribution in [2.24, 2.45) is 0 Å². The minimum Gasteiger partial charge on any atom is -0.495 e. The molecule has 5 rings (SSSR count). The van der Waals surface area contributed by atoms with Gasteiger partial charge in [0.1, 0.15) is 5.75 Å². The Morgan fingerprint density at radius 2 is 1.57 bits per heavy atom. The van der Waals surface area contributed by atoms with Crippen molar-refractivity contribution in [2.45, 2.75) is 37.6 Å². The van der Waals surface area contributed by atoms with E-state index in [0.29, 0.717) is 19.5 Å². The van der Waals surface area contributed by atoms with E-state index in [1.54, 1.807) is 7.11 Å². The number of carbonyl (C=O) groups is 1. The van der Waals surface area contributed by atoms with E-state index in [1.807, 2.05) is 23.1 Å². The average Bonchev–Trinajstić information content (AvgIpc) is 2.97. The van der Waals surface area contributed by atoms with E-state index in [-0.39, 0.29) is 12.0 Å². The van der Waals surface area contributed by atoms with Crippen molar-refractivity contribution >= 4 is 17.3 Å². The molecule has 3 saturated heterocycles. The Bertz CT molecular complexity index is 1010. The van der Waals surface area contributed by atoms with Crippen LogP contribution in [0, 0.1) is 0 Å². The van der Waals surface area contributed by atoms with Gasteiger partial charge in [0, 0.05) is 64.6 Å². The highest BCUT2D eigenvalue weighted by Crippen LogP contribution is 2.29. The highest BCUT2D eigenvalue weighted by Gasteiger charge is 2.38. The van der Waals surface area contributed by atoms with Gasteiger partial charge in [-0.15, -0.1) is 0 Å². The van der Waals surface area contributed by atoms with E-state index in [0.717, 1.165) is 70.1 Å². The molecule has 3 aliphatic heterocycles. The number of carbonyl (C=O) groups excluding carboxylic acids is 1. The van der Waals surface area contributed by atoms with Crippen molar-refractivity contribution in [2.75, 3.05) is 75.8 Å². The molecule has 37 heavy (non-hydrogen) atoms. The highest BCUT2D eigenvalue weighted by molar-refractivity contribution is 5.82. The molecule has 3 heterocycles. The predicted molar refractivity (Wildman–Crippen MR) is 145 cm³/mol. The molecule has 0 bridgehead atoms. The molecule has 0 saturated carbocycles. The molecule has 200 valence electrons. The number of anilines is 2. The summed E-state index contributed by atoms with van der Waals surface area (Å²) < 4.78 is 11.7. The van der Waals surface area contributed by atoms with Crippen LogP contribution in [0.5, 0.6) is 5.75 Å². The largest absolute Gasteiger partial charge is 0.495 e. The highest BCUT2D eigenvalue weighted by atomic mass is 16.5. The topological polar surface area (TPSA) is 68.7 Å². The van der Waals surface area contributed by atoms with E-state index < -0.39 is 12.2 Å². The molecular weight excluding hydrogens is 468 g/mol. The SMILES string of the molecule is COc1ccccc1N1CCN(C(=O)C2OC(CCN3CCN(c4ccccc4)CC3)CCC2O)CC1. The Labute approximate surface area is 220 Å². The lowest BCUT2D eigenvalue weighted by Gasteiger charge is -2.41. The van der Waals surface area contributed by atoms with Gasteiger partial charge in [0.15, 0.2) is 6.10 Å². The van der Waals surface area contributed by atoms with Gasteiger partial charge in [0.05, 0.1) is 25.0 Å². The number of methoxy groups -OCH3 is 1. The lowest BCUT2D eigenvalue weighted by Crippen LogP contribution is -2.56. The predicted octanol–water partition coefficient (Wildman–Crippen LogP) is 2.46. The smallest absolute Gasteiger partial charge is 0.254 e. The maximum Gasteiger partial charge on any atom is 0.254 e. The molecule has 8 nitrogen and oxygen atoms in total. The number of amides is 1. The van der Waals surface area contributed by atoms with Gasteiger partial charge in [-0.25, -0.2) is 0 Å². The molecule has 0 aliphatic carbocycles. The second-order valence-electron chi connectivity index (χ2n) is 10.3. The number of aliphatic hydroxyl groups excluding tert-OH is 1. The van der Waals surface area contributed by atoms with Crippen molar-refractivity contribution in [3.63, 3.8) is 0 Å². The van der Waals surface area contributed by atoms with Crippen LogP contribution in [0.25, 0.3) is 0 Å². The third kappa shape index (κ3) is 6.20. The summed E-state index contributed by atoms with van der Waals surface area (Å²) in [6, 6.07) is 18.6. The van der Waals surface area contributed by atoms with Crippen LogP contribution in [-0.2, 0) is 9.53 Å². The van der Waals surface area contributed by atoms with Gasteiger partial charge in [0.2, 0.25) is 0 Å². The van der Waals surface area contributed by atoms with Gasteiger partial charge in [-0.1, -0.05) is 30.3 Å². The lowest BCUT2D eigenvalue weighted by molar-refractivity contribution is -0.168. The van der Waals surface area contributed by atoms with Crippen molar-refractivity contribution in [1.82, 2.24) is 9.80 Å². The fourth-order valence-electron chi connectivity index (χ4n) is 5.74. The third-order valence-corrected chi connectivity index (χ3v) is 7.99. The quantitative estimate of drug-likeness (QED) is 0.616. The van der Waals surface area contributed by atoms with Crippen LogP contribution in [0.4, 0.5) is 11.4 Å². The monoisotopic (exact) mass is 508 g/mol. The standard InChI is InChI=1S/C29H40N4O4/c1-36-27-10-6-5-9-25(27)32-19-21-33(22-20-32)29(35)28-26(34)12-11-24(37-28)13-14-30-15-17-31(18-16-30)23-7-3-2-4-8-23/h2-10,24,26,28,34H,11-22H2,1H3. The van der Waals surface area contributed by atoms with Gasteiger partial charge in [-0.05, 0) is 43.5 Å². The van der Waals surface area contributed by atoms with Crippen molar-refractivity contribution in [3.8, 4) is 5.75 Å². The maximum absolute atomic E-state index is 13.3. The lowest BCUT2D eigenvalue weighted by atomic mass is 9.98. The molecule has 2 aromatic rings. The summed E-state index contributed by atoms with van der Waals surface area (Å²) in [6.07, 6.45) is 0.834. The minimum atomic E-state index is -0.758. The first-order valence-electron chi connectivity index (χ1n) is 13.6. The van der Waals surface area contributed by atoms with E-state index >= 15 is 0 Å². The van der Waals surface area contributed by atoms with E-state index in [2.05, 4.69) is 51.1 Å². The number of piperazine rings is 2. The fourth-order valence-corrected chi connectivity index (χ4v) is 5.74. The molecule has 3 atom stereocenters. The van der Waals surface area contributed by atoms with Crippen LogP contribution >= 0.6 is 0 Å². The summed E-state index contributed by atoms with van der Waals surface area (Å²) in [4.78, 5) is 22.4. The first-order valence-corrected chi connectivity index (χ1v) is 13.6. The molecule has 8 heteroatoms. The molecule has 3 aliphatic rings. The van der Waals surface area contributed by atoms with Crippen molar-refractivity contribution in [3.05, 3.63) is 54.6 Å². The van der Waals surface area contributed by atoms with Crippen LogP contribution in [0.1, 0.15) is 19.3 Å². The van der Waals surface area contributed by atoms with E-state index in [9.17, 15) is 9.90 Å². The molecule has 0 spiro atoms.